The first-order chi connectivity index (χ1) is 13.8. The van der Waals surface area contributed by atoms with E-state index in [1.54, 1.807) is 0 Å². The minimum absolute atomic E-state index is 0.0726. The minimum atomic E-state index is -0.0726. The number of aryl methyl sites for hydroxylation is 2. The smallest absolute Gasteiger partial charge is 0.228 e. The maximum absolute atomic E-state index is 12.3. The predicted octanol–water partition coefficient (Wildman–Crippen LogP) is 8.07. The number of amides is 1. The summed E-state index contributed by atoms with van der Waals surface area (Å²) < 4.78 is 0. The van der Waals surface area contributed by atoms with Crippen LogP contribution >= 0.6 is 35.0 Å². The fourth-order valence-electron chi connectivity index (χ4n) is 3.76. The summed E-state index contributed by atoms with van der Waals surface area (Å²) in [6.45, 7) is 9.81. The minimum Gasteiger partial charge on any atom is -0.324 e. The van der Waals surface area contributed by atoms with Gasteiger partial charge in [0, 0.05) is 21.6 Å². The average Bonchev–Trinajstić information content (AvgIpc) is 2.84. The van der Waals surface area contributed by atoms with Crippen LogP contribution in [0.4, 0.5) is 5.69 Å². The van der Waals surface area contributed by atoms with Gasteiger partial charge in [0.15, 0.2) is 0 Å². The summed E-state index contributed by atoms with van der Waals surface area (Å²) >= 11 is 14.9. The monoisotopic (exact) mass is 447 g/mol. The van der Waals surface area contributed by atoms with E-state index in [2.05, 4.69) is 31.0 Å². The van der Waals surface area contributed by atoms with Gasteiger partial charge in [0.05, 0.1) is 10.7 Å². The molecule has 0 aliphatic heterocycles. The fourth-order valence-corrected chi connectivity index (χ4v) is 5.77. The highest BCUT2D eigenvalue weighted by molar-refractivity contribution is 7.99. The number of rotatable bonds is 5. The molecule has 1 aliphatic rings. The van der Waals surface area contributed by atoms with Crippen molar-refractivity contribution in [3.05, 3.63) is 68.7 Å². The van der Waals surface area contributed by atoms with Crippen LogP contribution in [0.3, 0.4) is 0 Å². The van der Waals surface area contributed by atoms with Gasteiger partial charge in [0.2, 0.25) is 5.91 Å². The van der Waals surface area contributed by atoms with E-state index in [9.17, 15) is 4.79 Å². The van der Waals surface area contributed by atoms with Gasteiger partial charge in [0.25, 0.3) is 0 Å². The molecule has 1 unspecified atom stereocenters. The molecule has 29 heavy (non-hydrogen) atoms. The van der Waals surface area contributed by atoms with E-state index in [1.807, 2.05) is 37.7 Å². The molecule has 1 atom stereocenters. The third-order valence-electron chi connectivity index (χ3n) is 5.24. The van der Waals surface area contributed by atoms with Crippen LogP contribution in [0.2, 0.25) is 10.0 Å². The number of benzene rings is 2. The van der Waals surface area contributed by atoms with E-state index in [1.165, 1.54) is 16.0 Å². The second kappa shape index (κ2) is 9.59. The number of hydrogen-bond acceptors (Lipinski definition) is 2. The van der Waals surface area contributed by atoms with E-state index in [0.717, 1.165) is 53.1 Å². The van der Waals surface area contributed by atoms with Crippen LogP contribution in [0.25, 0.3) is 0 Å². The van der Waals surface area contributed by atoms with Gasteiger partial charge in [0.1, 0.15) is 0 Å². The lowest BCUT2D eigenvalue weighted by molar-refractivity contribution is -0.115. The highest BCUT2D eigenvalue weighted by Gasteiger charge is 2.25. The van der Waals surface area contributed by atoms with Crippen molar-refractivity contribution >= 4 is 46.6 Å². The SMILES string of the molecule is C=C(C)CC(=O)Nc1c(C)cc2c(c1Cl)CCCCC2Sc1cc(Cl)ccc1C. The lowest BCUT2D eigenvalue weighted by atomic mass is 9.98. The highest BCUT2D eigenvalue weighted by atomic mass is 35.5. The number of thioether (sulfide) groups is 1. The van der Waals surface area contributed by atoms with E-state index < -0.39 is 0 Å². The Morgan fingerprint density at radius 3 is 2.69 bits per heavy atom. The van der Waals surface area contributed by atoms with Crippen molar-refractivity contribution in [2.75, 3.05) is 5.32 Å². The van der Waals surface area contributed by atoms with Gasteiger partial charge in [-0.1, -0.05) is 53.9 Å². The molecule has 0 saturated heterocycles. The molecule has 0 saturated carbocycles. The zero-order chi connectivity index (χ0) is 21.1. The molecular formula is C24H27Cl2NOS. The number of fused-ring (bicyclic) bond motifs is 1. The summed E-state index contributed by atoms with van der Waals surface area (Å²) in [5, 5.41) is 4.77. The summed E-state index contributed by atoms with van der Waals surface area (Å²) in [6, 6.07) is 8.26. The van der Waals surface area contributed by atoms with Gasteiger partial charge in [-0.25, -0.2) is 0 Å². The number of nitrogens with one attached hydrogen (secondary N) is 1. The Morgan fingerprint density at radius 2 is 1.97 bits per heavy atom. The summed E-state index contributed by atoms with van der Waals surface area (Å²) in [5.74, 6) is -0.0726. The Balaban J connectivity index is 1.97. The highest BCUT2D eigenvalue weighted by Crippen LogP contribution is 2.47. The van der Waals surface area contributed by atoms with Crippen LogP contribution in [-0.4, -0.2) is 5.91 Å². The van der Waals surface area contributed by atoms with Crippen LogP contribution in [0.5, 0.6) is 0 Å². The van der Waals surface area contributed by atoms with Crippen molar-refractivity contribution in [3.63, 3.8) is 0 Å². The van der Waals surface area contributed by atoms with Gasteiger partial charge >= 0.3 is 0 Å². The molecule has 154 valence electrons. The first kappa shape index (κ1) is 22.3. The first-order valence-electron chi connectivity index (χ1n) is 9.95. The van der Waals surface area contributed by atoms with Crippen molar-refractivity contribution < 1.29 is 4.79 Å². The van der Waals surface area contributed by atoms with Crippen molar-refractivity contribution in [1.82, 2.24) is 0 Å². The molecule has 1 aliphatic carbocycles. The number of carbonyl (C=O) groups excluding carboxylic acids is 1. The molecule has 2 aromatic carbocycles. The number of hydrogen-bond donors (Lipinski definition) is 1. The van der Waals surface area contributed by atoms with E-state index in [0.29, 0.717) is 16.7 Å². The van der Waals surface area contributed by atoms with Gasteiger partial charge in [-0.15, -0.1) is 11.8 Å². The Morgan fingerprint density at radius 1 is 1.21 bits per heavy atom. The van der Waals surface area contributed by atoms with Crippen LogP contribution in [-0.2, 0) is 11.2 Å². The second-order valence-corrected chi connectivity index (χ2v) is 9.95. The normalized spacial score (nSPS) is 16.1. The van der Waals surface area contributed by atoms with Crippen molar-refractivity contribution in [2.24, 2.45) is 0 Å². The van der Waals surface area contributed by atoms with E-state index in [4.69, 9.17) is 23.2 Å². The average molecular weight is 448 g/mol. The molecule has 1 N–H and O–H groups in total. The maximum Gasteiger partial charge on any atom is 0.228 e. The Bertz CT molecular complexity index is 954. The van der Waals surface area contributed by atoms with Gasteiger partial charge in [-0.05, 0) is 74.4 Å². The third kappa shape index (κ3) is 5.39. The molecule has 2 aromatic rings. The third-order valence-corrected chi connectivity index (χ3v) is 7.36. The number of carbonyl (C=O) groups is 1. The van der Waals surface area contributed by atoms with Crippen LogP contribution in [0.15, 0.2) is 41.3 Å². The Labute approximate surface area is 188 Å². The molecule has 1 amide bonds. The van der Waals surface area contributed by atoms with Crippen LogP contribution < -0.4 is 5.32 Å². The van der Waals surface area contributed by atoms with Crippen LogP contribution in [0, 0.1) is 13.8 Å². The van der Waals surface area contributed by atoms with Gasteiger partial charge in [-0.3, -0.25) is 4.79 Å². The summed E-state index contributed by atoms with van der Waals surface area (Å²) in [4.78, 5) is 13.5. The van der Waals surface area contributed by atoms with E-state index >= 15 is 0 Å². The molecule has 5 heteroatoms. The summed E-state index contributed by atoms with van der Waals surface area (Å²) in [6.07, 6.45) is 4.59. The summed E-state index contributed by atoms with van der Waals surface area (Å²) in [7, 11) is 0. The van der Waals surface area contributed by atoms with Gasteiger partial charge < -0.3 is 5.32 Å². The van der Waals surface area contributed by atoms with Crippen molar-refractivity contribution in [1.29, 1.82) is 0 Å². The largest absolute Gasteiger partial charge is 0.324 e. The quantitative estimate of drug-likeness (QED) is 0.370. The first-order valence-corrected chi connectivity index (χ1v) is 11.6. The molecule has 0 aromatic heterocycles. The zero-order valence-corrected chi connectivity index (χ0v) is 19.5. The summed E-state index contributed by atoms with van der Waals surface area (Å²) in [5.41, 5.74) is 6.25. The molecule has 0 radical (unpaired) electrons. The second-order valence-electron chi connectivity index (χ2n) is 7.89. The number of anilines is 1. The fraction of sp³-hybridized carbons (Fsp3) is 0.375. The molecule has 2 nitrogen and oxygen atoms in total. The number of halogens is 2. The predicted molar refractivity (Wildman–Crippen MR) is 127 cm³/mol. The van der Waals surface area contributed by atoms with E-state index in [-0.39, 0.29) is 5.91 Å². The standard InChI is InChI=1S/C24H27Cl2NOS/c1-14(2)11-22(28)27-24-16(4)12-19-18(23(24)26)7-5-6-8-20(19)29-21-13-17(25)10-9-15(21)3/h9-10,12-13,20H,1,5-8,11H2,2-4H3,(H,27,28). The molecule has 0 heterocycles. The molecule has 0 bridgehead atoms. The van der Waals surface area contributed by atoms with Crippen molar-refractivity contribution in [2.45, 2.75) is 63.0 Å². The molecule has 0 fully saturated rings. The molecular weight excluding hydrogens is 421 g/mol. The maximum atomic E-state index is 12.3. The van der Waals surface area contributed by atoms with Crippen LogP contribution in [0.1, 0.15) is 60.1 Å². The lowest BCUT2D eigenvalue weighted by Gasteiger charge is -2.22. The van der Waals surface area contributed by atoms with Crippen molar-refractivity contribution in [3.8, 4) is 0 Å². The Kier molecular flexibility index (Phi) is 7.37. The lowest BCUT2D eigenvalue weighted by Crippen LogP contribution is -2.14. The van der Waals surface area contributed by atoms with Gasteiger partial charge in [-0.2, -0.15) is 0 Å². The Hall–Kier alpha value is -1.42. The topological polar surface area (TPSA) is 29.1 Å². The zero-order valence-electron chi connectivity index (χ0n) is 17.2. The molecule has 0 spiro atoms. The molecule has 3 rings (SSSR count).